The number of hydrogen-bond donors (Lipinski definition) is 3. The molecule has 2 aromatic rings. The molecule has 7 nitrogen and oxygen atoms in total. The van der Waals surface area contributed by atoms with Gasteiger partial charge in [0.05, 0.1) is 23.1 Å². The van der Waals surface area contributed by atoms with Crippen LogP contribution in [0.3, 0.4) is 0 Å². The van der Waals surface area contributed by atoms with E-state index in [9.17, 15) is 13.2 Å². The van der Waals surface area contributed by atoms with E-state index in [0.717, 1.165) is 5.69 Å². The fourth-order valence-electron chi connectivity index (χ4n) is 2.03. The standard InChI is InChI=1S/C16H19N3O4S/c1-3-24(22,23)19-14-6-4-13(5-7-14)18-11(2)15-10-12(16(20)21)8-9-17-15/h4-11,18-19H,3H2,1-2H3,(H,20,21). The predicted octanol–water partition coefficient (Wildman–Crippen LogP) is 2.71. The Hall–Kier alpha value is -2.61. The molecule has 0 saturated carbocycles. The number of carboxylic acid groups (broad SMARTS) is 1. The molecule has 0 aliphatic heterocycles. The summed E-state index contributed by atoms with van der Waals surface area (Å²) in [5, 5.41) is 12.2. The molecule has 0 bridgehead atoms. The number of aromatic nitrogens is 1. The molecule has 0 radical (unpaired) electrons. The summed E-state index contributed by atoms with van der Waals surface area (Å²) in [6.45, 7) is 3.43. The highest BCUT2D eigenvalue weighted by atomic mass is 32.2. The van der Waals surface area contributed by atoms with E-state index in [4.69, 9.17) is 5.11 Å². The van der Waals surface area contributed by atoms with Gasteiger partial charge < -0.3 is 10.4 Å². The average Bonchev–Trinajstić information content (AvgIpc) is 2.56. The van der Waals surface area contributed by atoms with Crippen molar-refractivity contribution in [2.45, 2.75) is 19.9 Å². The lowest BCUT2D eigenvalue weighted by molar-refractivity contribution is 0.0696. The lowest BCUT2D eigenvalue weighted by atomic mass is 10.1. The Kier molecular flexibility index (Phi) is 5.40. The van der Waals surface area contributed by atoms with E-state index in [1.54, 1.807) is 31.2 Å². The first kappa shape index (κ1) is 17.7. The summed E-state index contributed by atoms with van der Waals surface area (Å²) in [6.07, 6.45) is 1.46. The Morgan fingerprint density at radius 2 is 1.83 bits per heavy atom. The van der Waals surface area contributed by atoms with Gasteiger partial charge in [-0.05, 0) is 50.2 Å². The van der Waals surface area contributed by atoms with Crippen LogP contribution in [0.15, 0.2) is 42.6 Å². The number of pyridine rings is 1. The van der Waals surface area contributed by atoms with Crippen LogP contribution in [0.2, 0.25) is 0 Å². The van der Waals surface area contributed by atoms with Crippen LogP contribution in [0.1, 0.15) is 35.9 Å². The second kappa shape index (κ2) is 7.31. The topological polar surface area (TPSA) is 108 Å². The number of carboxylic acids is 1. The number of nitrogens with one attached hydrogen (secondary N) is 2. The molecule has 0 amide bonds. The van der Waals surface area contributed by atoms with Crippen LogP contribution >= 0.6 is 0 Å². The smallest absolute Gasteiger partial charge is 0.335 e. The van der Waals surface area contributed by atoms with Gasteiger partial charge in [0.1, 0.15) is 0 Å². The van der Waals surface area contributed by atoms with Crippen LogP contribution < -0.4 is 10.0 Å². The van der Waals surface area contributed by atoms with Gasteiger partial charge in [-0.2, -0.15) is 0 Å². The molecule has 1 heterocycles. The third-order valence-electron chi connectivity index (χ3n) is 3.39. The van der Waals surface area contributed by atoms with Gasteiger partial charge in [0.25, 0.3) is 0 Å². The Labute approximate surface area is 140 Å². The fourth-order valence-corrected chi connectivity index (χ4v) is 2.67. The molecular weight excluding hydrogens is 330 g/mol. The van der Waals surface area contributed by atoms with Gasteiger partial charge in [-0.3, -0.25) is 9.71 Å². The molecule has 24 heavy (non-hydrogen) atoms. The molecule has 0 spiro atoms. The molecule has 0 aliphatic carbocycles. The minimum Gasteiger partial charge on any atom is -0.478 e. The van der Waals surface area contributed by atoms with Gasteiger partial charge in [0.2, 0.25) is 10.0 Å². The minimum atomic E-state index is -3.30. The lowest BCUT2D eigenvalue weighted by Gasteiger charge is -2.15. The highest BCUT2D eigenvalue weighted by molar-refractivity contribution is 7.92. The van der Waals surface area contributed by atoms with Crippen molar-refractivity contribution in [3.05, 3.63) is 53.9 Å². The van der Waals surface area contributed by atoms with E-state index in [2.05, 4.69) is 15.0 Å². The first-order chi connectivity index (χ1) is 11.3. The first-order valence-corrected chi connectivity index (χ1v) is 9.02. The van der Waals surface area contributed by atoms with Crippen molar-refractivity contribution in [1.29, 1.82) is 0 Å². The highest BCUT2D eigenvalue weighted by Crippen LogP contribution is 2.20. The predicted molar refractivity (Wildman–Crippen MR) is 92.8 cm³/mol. The largest absolute Gasteiger partial charge is 0.478 e. The maximum absolute atomic E-state index is 11.5. The number of anilines is 2. The molecule has 8 heteroatoms. The third kappa shape index (κ3) is 4.69. The van der Waals surface area contributed by atoms with E-state index < -0.39 is 16.0 Å². The molecule has 128 valence electrons. The van der Waals surface area contributed by atoms with Crippen molar-refractivity contribution in [2.75, 3.05) is 15.8 Å². The normalized spacial score (nSPS) is 12.4. The highest BCUT2D eigenvalue weighted by Gasteiger charge is 2.11. The summed E-state index contributed by atoms with van der Waals surface area (Å²) in [6, 6.07) is 9.54. The number of aromatic carboxylic acids is 1. The van der Waals surface area contributed by atoms with Crippen LogP contribution in [0.5, 0.6) is 0 Å². The van der Waals surface area contributed by atoms with E-state index in [1.807, 2.05) is 6.92 Å². The van der Waals surface area contributed by atoms with E-state index in [1.165, 1.54) is 18.3 Å². The van der Waals surface area contributed by atoms with Gasteiger partial charge in [-0.1, -0.05) is 0 Å². The molecular formula is C16H19N3O4S. The van der Waals surface area contributed by atoms with Crippen molar-refractivity contribution in [2.24, 2.45) is 0 Å². The van der Waals surface area contributed by atoms with Gasteiger partial charge in [-0.25, -0.2) is 13.2 Å². The van der Waals surface area contributed by atoms with Crippen molar-refractivity contribution in [1.82, 2.24) is 4.98 Å². The summed E-state index contributed by atoms with van der Waals surface area (Å²) < 4.78 is 25.5. The summed E-state index contributed by atoms with van der Waals surface area (Å²) in [4.78, 5) is 15.2. The van der Waals surface area contributed by atoms with Crippen molar-refractivity contribution in [3.8, 4) is 0 Å². The van der Waals surface area contributed by atoms with Crippen molar-refractivity contribution >= 4 is 27.4 Å². The van der Waals surface area contributed by atoms with Crippen LogP contribution in [-0.2, 0) is 10.0 Å². The van der Waals surface area contributed by atoms with Crippen molar-refractivity contribution < 1.29 is 18.3 Å². The molecule has 2 rings (SSSR count). The summed E-state index contributed by atoms with van der Waals surface area (Å²) >= 11 is 0. The quantitative estimate of drug-likeness (QED) is 0.709. The van der Waals surface area contributed by atoms with Gasteiger partial charge >= 0.3 is 5.97 Å². The average molecular weight is 349 g/mol. The second-order valence-electron chi connectivity index (χ2n) is 5.22. The maximum Gasteiger partial charge on any atom is 0.335 e. The second-order valence-corrected chi connectivity index (χ2v) is 7.23. The zero-order valence-electron chi connectivity index (χ0n) is 13.4. The number of carbonyl (C=O) groups is 1. The van der Waals surface area contributed by atoms with E-state index >= 15 is 0 Å². The number of nitrogens with zero attached hydrogens (tertiary/aromatic N) is 1. The zero-order chi connectivity index (χ0) is 17.7. The van der Waals surface area contributed by atoms with Gasteiger partial charge in [0, 0.05) is 17.6 Å². The number of rotatable bonds is 7. The van der Waals surface area contributed by atoms with Gasteiger partial charge in [-0.15, -0.1) is 0 Å². The molecule has 0 aliphatic rings. The van der Waals surface area contributed by atoms with Crippen molar-refractivity contribution in [3.63, 3.8) is 0 Å². The Balaban J connectivity index is 2.08. The van der Waals surface area contributed by atoms with E-state index in [0.29, 0.717) is 11.4 Å². The molecule has 3 N–H and O–H groups in total. The molecule has 1 aromatic carbocycles. The zero-order valence-corrected chi connectivity index (χ0v) is 14.2. The van der Waals surface area contributed by atoms with Crippen LogP contribution in [-0.4, -0.2) is 30.2 Å². The fraction of sp³-hybridized carbons (Fsp3) is 0.250. The molecule has 0 fully saturated rings. The number of sulfonamides is 1. The van der Waals surface area contributed by atoms with E-state index in [-0.39, 0.29) is 17.4 Å². The number of hydrogen-bond acceptors (Lipinski definition) is 5. The Bertz CT molecular complexity index is 819. The first-order valence-electron chi connectivity index (χ1n) is 7.37. The summed E-state index contributed by atoms with van der Waals surface area (Å²) in [7, 11) is -3.30. The van der Waals surface area contributed by atoms with Crippen LogP contribution in [0, 0.1) is 0 Å². The SMILES string of the molecule is CCS(=O)(=O)Nc1ccc(NC(C)c2cc(C(=O)O)ccn2)cc1. The van der Waals surface area contributed by atoms with Crippen LogP contribution in [0.25, 0.3) is 0 Å². The summed E-state index contributed by atoms with van der Waals surface area (Å²) in [5.41, 5.74) is 2.04. The Morgan fingerprint density at radius 1 is 1.21 bits per heavy atom. The molecule has 0 saturated heterocycles. The minimum absolute atomic E-state index is 0.00955. The molecule has 1 aromatic heterocycles. The third-order valence-corrected chi connectivity index (χ3v) is 4.70. The van der Waals surface area contributed by atoms with Gasteiger partial charge in [0.15, 0.2) is 0 Å². The maximum atomic E-state index is 11.5. The molecule has 1 atom stereocenters. The molecule has 1 unspecified atom stereocenters. The number of benzene rings is 1. The van der Waals surface area contributed by atoms with Crippen LogP contribution in [0.4, 0.5) is 11.4 Å². The lowest BCUT2D eigenvalue weighted by Crippen LogP contribution is -2.14. The Morgan fingerprint density at radius 3 is 2.42 bits per heavy atom. The monoisotopic (exact) mass is 349 g/mol. The summed E-state index contributed by atoms with van der Waals surface area (Å²) in [5.74, 6) is -0.992.